The first kappa shape index (κ1) is 11.6. The smallest absolute Gasteiger partial charge is 0.0543 e. The highest BCUT2D eigenvalue weighted by atomic mass is 15.3. The van der Waals surface area contributed by atoms with Crippen LogP contribution < -0.4 is 11.1 Å². The molecule has 1 aliphatic rings. The van der Waals surface area contributed by atoms with E-state index < -0.39 is 0 Å². The number of nitrogens with one attached hydrogen (secondary N) is 1. The van der Waals surface area contributed by atoms with E-state index in [0.717, 1.165) is 19.4 Å². The first-order valence-corrected chi connectivity index (χ1v) is 6.01. The maximum absolute atomic E-state index is 5.87. The molecule has 4 heteroatoms. The largest absolute Gasteiger partial charge is 0.327 e. The Morgan fingerprint density at radius 2 is 2.19 bits per heavy atom. The molecule has 1 saturated heterocycles. The zero-order valence-electron chi connectivity index (χ0n) is 10.4. The molecule has 1 aliphatic heterocycles. The third-order valence-corrected chi connectivity index (χ3v) is 3.14. The fraction of sp³-hybridized carbons (Fsp3) is 0.750. The summed E-state index contributed by atoms with van der Waals surface area (Å²) in [5, 5.41) is 7.90. The molecule has 1 aromatic heterocycles. The van der Waals surface area contributed by atoms with Gasteiger partial charge in [0, 0.05) is 30.4 Å². The molecular formula is C12H22N4. The molecule has 2 unspecified atom stereocenters. The monoisotopic (exact) mass is 222 g/mol. The maximum atomic E-state index is 5.87. The van der Waals surface area contributed by atoms with Crippen molar-refractivity contribution in [2.75, 3.05) is 6.54 Å². The van der Waals surface area contributed by atoms with Crippen molar-refractivity contribution in [2.45, 2.75) is 51.2 Å². The van der Waals surface area contributed by atoms with Crippen LogP contribution in [0, 0.1) is 0 Å². The zero-order valence-corrected chi connectivity index (χ0v) is 10.4. The van der Waals surface area contributed by atoms with E-state index in [9.17, 15) is 0 Å². The van der Waals surface area contributed by atoms with Crippen molar-refractivity contribution >= 4 is 0 Å². The molecule has 90 valence electrons. The topological polar surface area (TPSA) is 55.9 Å². The average Bonchev–Trinajstić information content (AvgIpc) is 2.67. The summed E-state index contributed by atoms with van der Waals surface area (Å²) in [5.41, 5.74) is 7.20. The van der Waals surface area contributed by atoms with Crippen LogP contribution in [0.25, 0.3) is 0 Å². The van der Waals surface area contributed by atoms with Crippen LogP contribution in [0.4, 0.5) is 0 Å². The number of hydrogen-bond donors (Lipinski definition) is 2. The summed E-state index contributed by atoms with van der Waals surface area (Å²) in [4.78, 5) is 0. The highest BCUT2D eigenvalue weighted by Gasteiger charge is 2.22. The van der Waals surface area contributed by atoms with Crippen LogP contribution in [0.3, 0.4) is 0 Å². The summed E-state index contributed by atoms with van der Waals surface area (Å²) in [5.74, 6) is 0. The Bertz CT molecular complexity index is 342. The van der Waals surface area contributed by atoms with E-state index in [-0.39, 0.29) is 5.54 Å². The van der Waals surface area contributed by atoms with Gasteiger partial charge < -0.3 is 11.1 Å². The SMILES string of the molecule is CC(C)(C)n1cc(C2CCC(N)CN2)cn1. The molecule has 1 aromatic rings. The molecule has 4 nitrogen and oxygen atoms in total. The molecule has 0 radical (unpaired) electrons. The van der Waals surface area contributed by atoms with Crippen molar-refractivity contribution in [1.82, 2.24) is 15.1 Å². The second-order valence-corrected chi connectivity index (χ2v) is 5.69. The average molecular weight is 222 g/mol. The zero-order chi connectivity index (χ0) is 11.8. The van der Waals surface area contributed by atoms with Crippen LogP contribution >= 0.6 is 0 Å². The van der Waals surface area contributed by atoms with Gasteiger partial charge >= 0.3 is 0 Å². The van der Waals surface area contributed by atoms with E-state index in [1.54, 1.807) is 0 Å². The van der Waals surface area contributed by atoms with E-state index in [0.29, 0.717) is 12.1 Å². The Kier molecular flexibility index (Phi) is 3.04. The van der Waals surface area contributed by atoms with Gasteiger partial charge in [0.05, 0.1) is 11.7 Å². The predicted molar refractivity (Wildman–Crippen MR) is 65.2 cm³/mol. The van der Waals surface area contributed by atoms with Gasteiger partial charge in [0.2, 0.25) is 0 Å². The van der Waals surface area contributed by atoms with Crippen molar-refractivity contribution in [3.63, 3.8) is 0 Å². The van der Waals surface area contributed by atoms with E-state index in [1.165, 1.54) is 5.56 Å². The predicted octanol–water partition coefficient (Wildman–Crippen LogP) is 1.39. The molecule has 1 fully saturated rings. The second-order valence-electron chi connectivity index (χ2n) is 5.69. The van der Waals surface area contributed by atoms with Gasteiger partial charge in [0.1, 0.15) is 0 Å². The lowest BCUT2D eigenvalue weighted by Crippen LogP contribution is -2.41. The Balaban J connectivity index is 2.08. The lowest BCUT2D eigenvalue weighted by atomic mass is 9.97. The minimum Gasteiger partial charge on any atom is -0.327 e. The standard InChI is InChI=1S/C12H22N4/c1-12(2,3)16-8-9(6-15-16)11-5-4-10(13)7-14-11/h6,8,10-11,14H,4-5,7,13H2,1-3H3. The molecule has 0 spiro atoms. The number of nitrogens with two attached hydrogens (primary N) is 1. The lowest BCUT2D eigenvalue weighted by molar-refractivity contribution is 0.351. The van der Waals surface area contributed by atoms with E-state index in [1.807, 2.05) is 10.9 Å². The van der Waals surface area contributed by atoms with Crippen LogP contribution in [-0.4, -0.2) is 22.4 Å². The van der Waals surface area contributed by atoms with Crippen LogP contribution in [0.1, 0.15) is 45.2 Å². The summed E-state index contributed by atoms with van der Waals surface area (Å²) in [6, 6.07) is 0.741. The molecule has 2 rings (SSSR count). The Morgan fingerprint density at radius 3 is 2.69 bits per heavy atom. The van der Waals surface area contributed by atoms with Gasteiger partial charge in [-0.25, -0.2) is 0 Å². The molecular weight excluding hydrogens is 200 g/mol. The third kappa shape index (κ3) is 2.44. The van der Waals surface area contributed by atoms with Crippen LogP contribution in [-0.2, 0) is 5.54 Å². The van der Waals surface area contributed by atoms with Gasteiger partial charge in [-0.05, 0) is 33.6 Å². The van der Waals surface area contributed by atoms with E-state index in [4.69, 9.17) is 5.73 Å². The fourth-order valence-corrected chi connectivity index (χ4v) is 2.05. The molecule has 3 N–H and O–H groups in total. The van der Waals surface area contributed by atoms with Crippen LogP contribution in [0.5, 0.6) is 0 Å². The number of rotatable bonds is 1. The quantitative estimate of drug-likeness (QED) is 0.755. The molecule has 2 heterocycles. The van der Waals surface area contributed by atoms with E-state index >= 15 is 0 Å². The van der Waals surface area contributed by atoms with Crippen LogP contribution in [0.2, 0.25) is 0 Å². The number of piperidine rings is 1. The fourth-order valence-electron chi connectivity index (χ4n) is 2.05. The van der Waals surface area contributed by atoms with Gasteiger partial charge in [-0.15, -0.1) is 0 Å². The Labute approximate surface area is 97.2 Å². The summed E-state index contributed by atoms with van der Waals surface area (Å²) in [7, 11) is 0. The Morgan fingerprint density at radius 1 is 1.44 bits per heavy atom. The summed E-state index contributed by atoms with van der Waals surface area (Å²) in [6.45, 7) is 7.39. The minimum atomic E-state index is 0.0588. The number of nitrogens with zero attached hydrogens (tertiary/aromatic N) is 2. The van der Waals surface area contributed by atoms with E-state index in [2.05, 4.69) is 37.4 Å². The molecule has 0 bridgehead atoms. The van der Waals surface area contributed by atoms with Gasteiger partial charge in [-0.1, -0.05) is 0 Å². The maximum Gasteiger partial charge on any atom is 0.0543 e. The van der Waals surface area contributed by atoms with Gasteiger partial charge in [0.15, 0.2) is 0 Å². The molecule has 2 atom stereocenters. The van der Waals surface area contributed by atoms with Crippen molar-refractivity contribution in [3.05, 3.63) is 18.0 Å². The van der Waals surface area contributed by atoms with Gasteiger partial charge in [0.25, 0.3) is 0 Å². The summed E-state index contributed by atoms with van der Waals surface area (Å²) < 4.78 is 2.03. The van der Waals surface area contributed by atoms with Crippen molar-refractivity contribution in [3.8, 4) is 0 Å². The second kappa shape index (κ2) is 4.18. The van der Waals surface area contributed by atoms with Gasteiger partial charge in [-0.2, -0.15) is 5.10 Å². The lowest BCUT2D eigenvalue weighted by Gasteiger charge is -2.27. The molecule has 0 aliphatic carbocycles. The summed E-state index contributed by atoms with van der Waals surface area (Å²) in [6.07, 6.45) is 6.32. The highest BCUT2D eigenvalue weighted by molar-refractivity contribution is 5.12. The van der Waals surface area contributed by atoms with Crippen LogP contribution in [0.15, 0.2) is 12.4 Å². The van der Waals surface area contributed by atoms with Crippen molar-refractivity contribution < 1.29 is 0 Å². The molecule has 0 amide bonds. The minimum absolute atomic E-state index is 0.0588. The summed E-state index contributed by atoms with van der Waals surface area (Å²) >= 11 is 0. The number of hydrogen-bond acceptors (Lipinski definition) is 3. The first-order valence-electron chi connectivity index (χ1n) is 6.01. The molecule has 0 aromatic carbocycles. The molecule has 16 heavy (non-hydrogen) atoms. The number of aromatic nitrogens is 2. The van der Waals surface area contributed by atoms with Crippen molar-refractivity contribution in [1.29, 1.82) is 0 Å². The molecule has 0 saturated carbocycles. The third-order valence-electron chi connectivity index (χ3n) is 3.14. The Hall–Kier alpha value is -0.870. The van der Waals surface area contributed by atoms with Crippen molar-refractivity contribution in [2.24, 2.45) is 5.73 Å². The first-order chi connectivity index (χ1) is 7.47. The highest BCUT2D eigenvalue weighted by Crippen LogP contribution is 2.23. The normalized spacial score (nSPS) is 27.0. The van der Waals surface area contributed by atoms with Gasteiger partial charge in [-0.3, -0.25) is 4.68 Å².